The van der Waals surface area contributed by atoms with E-state index >= 15 is 0 Å². The molecule has 0 amide bonds. The Kier molecular flexibility index (Phi) is 4.88. The second kappa shape index (κ2) is 6.28. The third-order valence-electron chi connectivity index (χ3n) is 2.92. The summed E-state index contributed by atoms with van der Waals surface area (Å²) in [5.74, 6) is -1.91. The molecule has 2 N–H and O–H groups in total. The van der Waals surface area contributed by atoms with Gasteiger partial charge in [0.1, 0.15) is 17.5 Å². The Bertz CT molecular complexity index is 647. The molecule has 20 heavy (non-hydrogen) atoms. The highest BCUT2D eigenvalue weighted by molar-refractivity contribution is 9.10. The lowest BCUT2D eigenvalue weighted by atomic mass is 9.98. The van der Waals surface area contributed by atoms with Crippen LogP contribution in [0.1, 0.15) is 17.2 Å². The number of rotatable bonds is 3. The van der Waals surface area contributed by atoms with Crippen LogP contribution in [0.15, 0.2) is 39.3 Å². The zero-order valence-corrected chi connectivity index (χ0v) is 13.3. The van der Waals surface area contributed by atoms with Gasteiger partial charge in [-0.25, -0.2) is 13.2 Å². The van der Waals surface area contributed by atoms with E-state index in [4.69, 9.17) is 5.73 Å². The number of hydrogen-bond acceptors (Lipinski definition) is 1. The third-order valence-corrected chi connectivity index (χ3v) is 4.03. The van der Waals surface area contributed by atoms with Gasteiger partial charge in [-0.05, 0) is 52.7 Å². The van der Waals surface area contributed by atoms with Crippen molar-refractivity contribution < 1.29 is 13.2 Å². The standard InChI is InChI=1S/C14H10Br2F3N/c15-7-1-3-11(17)8(5-7)13(20)6-9-12(18)4-2-10(16)14(9)19/h1-5,13H,6,20H2. The summed E-state index contributed by atoms with van der Waals surface area (Å²) in [4.78, 5) is 0. The molecule has 0 aliphatic rings. The van der Waals surface area contributed by atoms with E-state index in [1.54, 1.807) is 0 Å². The number of halogens is 5. The topological polar surface area (TPSA) is 26.0 Å². The molecule has 0 aliphatic carbocycles. The van der Waals surface area contributed by atoms with Crippen molar-refractivity contribution in [3.63, 3.8) is 0 Å². The van der Waals surface area contributed by atoms with E-state index in [-0.39, 0.29) is 22.0 Å². The first-order chi connectivity index (χ1) is 9.40. The molecule has 2 aromatic carbocycles. The third kappa shape index (κ3) is 3.24. The Morgan fingerprint density at radius 3 is 2.35 bits per heavy atom. The molecule has 0 saturated heterocycles. The van der Waals surface area contributed by atoms with Crippen molar-refractivity contribution in [1.29, 1.82) is 0 Å². The summed E-state index contributed by atoms with van der Waals surface area (Å²) in [5.41, 5.74) is 5.92. The largest absolute Gasteiger partial charge is 0.324 e. The van der Waals surface area contributed by atoms with Gasteiger partial charge in [0.2, 0.25) is 0 Å². The molecule has 106 valence electrons. The van der Waals surface area contributed by atoms with Gasteiger partial charge in [-0.2, -0.15) is 0 Å². The molecule has 0 heterocycles. The first kappa shape index (κ1) is 15.5. The van der Waals surface area contributed by atoms with Crippen molar-refractivity contribution in [2.75, 3.05) is 0 Å². The van der Waals surface area contributed by atoms with Gasteiger partial charge < -0.3 is 5.73 Å². The molecule has 0 spiro atoms. The molecule has 0 aromatic heterocycles. The van der Waals surface area contributed by atoms with E-state index in [9.17, 15) is 13.2 Å². The maximum atomic E-state index is 13.9. The normalized spacial score (nSPS) is 12.5. The van der Waals surface area contributed by atoms with Crippen molar-refractivity contribution in [2.45, 2.75) is 12.5 Å². The number of benzene rings is 2. The minimum atomic E-state index is -0.842. The van der Waals surface area contributed by atoms with Gasteiger partial charge in [0.25, 0.3) is 0 Å². The molecule has 2 rings (SSSR count). The van der Waals surface area contributed by atoms with Crippen LogP contribution in [0.25, 0.3) is 0 Å². The van der Waals surface area contributed by atoms with Gasteiger partial charge in [-0.3, -0.25) is 0 Å². The van der Waals surface area contributed by atoms with E-state index in [1.165, 1.54) is 24.3 Å². The van der Waals surface area contributed by atoms with E-state index in [1.807, 2.05) is 0 Å². The van der Waals surface area contributed by atoms with Crippen LogP contribution in [0, 0.1) is 17.5 Å². The van der Waals surface area contributed by atoms with Crippen LogP contribution >= 0.6 is 31.9 Å². The predicted octanol–water partition coefficient (Wildman–Crippen LogP) is 4.87. The minimum absolute atomic E-state index is 0.134. The summed E-state index contributed by atoms with van der Waals surface area (Å²) < 4.78 is 42.0. The summed E-state index contributed by atoms with van der Waals surface area (Å²) in [5, 5.41) is 0. The Balaban J connectivity index is 2.35. The Hall–Kier alpha value is -0.850. The highest BCUT2D eigenvalue weighted by Crippen LogP contribution is 2.27. The number of hydrogen-bond donors (Lipinski definition) is 1. The van der Waals surface area contributed by atoms with Crippen LogP contribution in [0.5, 0.6) is 0 Å². The van der Waals surface area contributed by atoms with Crippen molar-refractivity contribution in [3.8, 4) is 0 Å². The molecule has 1 unspecified atom stereocenters. The SMILES string of the molecule is NC(Cc1c(F)ccc(Br)c1F)c1cc(Br)ccc1F. The average Bonchev–Trinajstić information content (AvgIpc) is 2.41. The lowest BCUT2D eigenvalue weighted by Crippen LogP contribution is -2.17. The highest BCUT2D eigenvalue weighted by Gasteiger charge is 2.19. The van der Waals surface area contributed by atoms with Gasteiger partial charge in [-0.15, -0.1) is 0 Å². The Labute approximate surface area is 131 Å². The van der Waals surface area contributed by atoms with E-state index < -0.39 is 23.5 Å². The minimum Gasteiger partial charge on any atom is -0.324 e. The zero-order valence-electron chi connectivity index (χ0n) is 10.1. The van der Waals surface area contributed by atoms with E-state index in [2.05, 4.69) is 31.9 Å². The van der Waals surface area contributed by atoms with Gasteiger partial charge in [-0.1, -0.05) is 15.9 Å². The molecular formula is C14H10Br2F3N. The molecule has 1 atom stereocenters. The quantitative estimate of drug-likeness (QED) is 0.720. The van der Waals surface area contributed by atoms with Crippen LogP contribution < -0.4 is 5.73 Å². The first-order valence-corrected chi connectivity index (χ1v) is 7.31. The maximum Gasteiger partial charge on any atom is 0.143 e. The summed E-state index contributed by atoms with van der Waals surface area (Å²) in [7, 11) is 0. The Morgan fingerprint density at radius 1 is 1.00 bits per heavy atom. The van der Waals surface area contributed by atoms with Gasteiger partial charge in [0.05, 0.1) is 4.47 Å². The molecule has 0 aliphatic heterocycles. The highest BCUT2D eigenvalue weighted by atomic mass is 79.9. The van der Waals surface area contributed by atoms with Crippen molar-refractivity contribution in [3.05, 3.63) is 67.9 Å². The van der Waals surface area contributed by atoms with E-state index in [0.29, 0.717) is 4.47 Å². The predicted molar refractivity (Wildman–Crippen MR) is 78.8 cm³/mol. The average molecular weight is 409 g/mol. The lowest BCUT2D eigenvalue weighted by molar-refractivity contribution is 0.525. The molecule has 0 saturated carbocycles. The molecule has 0 bridgehead atoms. The number of nitrogens with two attached hydrogens (primary N) is 1. The lowest BCUT2D eigenvalue weighted by Gasteiger charge is -2.15. The van der Waals surface area contributed by atoms with Crippen LogP contribution in [-0.4, -0.2) is 0 Å². The second-order valence-corrected chi connectivity index (χ2v) is 6.07. The van der Waals surface area contributed by atoms with Crippen molar-refractivity contribution in [2.24, 2.45) is 5.73 Å². The molecule has 0 radical (unpaired) electrons. The van der Waals surface area contributed by atoms with Crippen LogP contribution in [0.3, 0.4) is 0 Å². The van der Waals surface area contributed by atoms with Crippen molar-refractivity contribution >= 4 is 31.9 Å². The molecule has 2 aromatic rings. The van der Waals surface area contributed by atoms with Gasteiger partial charge >= 0.3 is 0 Å². The second-order valence-electron chi connectivity index (χ2n) is 4.30. The molecular weight excluding hydrogens is 399 g/mol. The zero-order chi connectivity index (χ0) is 14.9. The first-order valence-electron chi connectivity index (χ1n) is 5.73. The fraction of sp³-hybridized carbons (Fsp3) is 0.143. The van der Waals surface area contributed by atoms with Crippen molar-refractivity contribution in [1.82, 2.24) is 0 Å². The molecule has 6 heteroatoms. The van der Waals surface area contributed by atoms with E-state index in [0.717, 1.165) is 6.07 Å². The summed E-state index contributed by atoms with van der Waals surface area (Å²) in [6, 6.07) is 5.88. The van der Waals surface area contributed by atoms with Crippen LogP contribution in [-0.2, 0) is 6.42 Å². The van der Waals surface area contributed by atoms with Gasteiger partial charge in [0.15, 0.2) is 0 Å². The Morgan fingerprint density at radius 2 is 1.65 bits per heavy atom. The molecule has 0 fully saturated rings. The molecule has 1 nitrogen and oxygen atoms in total. The van der Waals surface area contributed by atoms with Crippen LogP contribution in [0.4, 0.5) is 13.2 Å². The maximum absolute atomic E-state index is 13.9. The fourth-order valence-electron chi connectivity index (χ4n) is 1.88. The summed E-state index contributed by atoms with van der Waals surface area (Å²) in [6.45, 7) is 0. The smallest absolute Gasteiger partial charge is 0.143 e. The summed E-state index contributed by atoms with van der Waals surface area (Å²) in [6.07, 6.45) is -0.134. The monoisotopic (exact) mass is 407 g/mol. The fourth-order valence-corrected chi connectivity index (χ4v) is 2.64. The van der Waals surface area contributed by atoms with Gasteiger partial charge in [0, 0.05) is 21.6 Å². The summed E-state index contributed by atoms with van der Waals surface area (Å²) >= 11 is 6.20. The van der Waals surface area contributed by atoms with Crippen LogP contribution in [0.2, 0.25) is 0 Å².